The van der Waals surface area contributed by atoms with Crippen LogP contribution in [0.2, 0.25) is 0 Å². The molecule has 0 saturated heterocycles. The summed E-state index contributed by atoms with van der Waals surface area (Å²) >= 11 is 3.38. The van der Waals surface area contributed by atoms with E-state index in [4.69, 9.17) is 0 Å². The molecule has 2 heterocycles. The molecule has 0 spiro atoms. The Labute approximate surface area is 138 Å². The molecule has 0 amide bonds. The van der Waals surface area contributed by atoms with Gasteiger partial charge in [0.1, 0.15) is 0 Å². The van der Waals surface area contributed by atoms with Gasteiger partial charge in [0, 0.05) is 18.6 Å². The highest BCUT2D eigenvalue weighted by Crippen LogP contribution is 2.11. The highest BCUT2D eigenvalue weighted by Gasteiger charge is 2.12. The van der Waals surface area contributed by atoms with E-state index in [0.717, 1.165) is 14.6 Å². The van der Waals surface area contributed by atoms with Gasteiger partial charge in [-0.3, -0.25) is 13.9 Å². The quantitative estimate of drug-likeness (QED) is 0.529. The number of nitrogens with zero attached hydrogens (tertiary/aromatic N) is 4. The van der Waals surface area contributed by atoms with Gasteiger partial charge in [0.2, 0.25) is 5.95 Å². The predicted octanol–water partition coefficient (Wildman–Crippen LogP) is 1.17. The number of aryl methyl sites for hydroxylation is 1. The Kier molecular flexibility index (Phi) is 3.87. The number of rotatable bonds is 3. The van der Waals surface area contributed by atoms with Crippen LogP contribution < -0.4 is 16.7 Å². The van der Waals surface area contributed by atoms with Crippen LogP contribution in [0.15, 0.2) is 43.4 Å². The molecule has 2 aromatic heterocycles. The Balaban J connectivity index is 1.93. The van der Waals surface area contributed by atoms with Crippen LogP contribution in [0.1, 0.15) is 5.56 Å². The molecule has 0 radical (unpaired) electrons. The highest BCUT2D eigenvalue weighted by atomic mass is 79.9. The van der Waals surface area contributed by atoms with E-state index in [9.17, 15) is 9.59 Å². The summed E-state index contributed by atoms with van der Waals surface area (Å²) in [6.07, 6.45) is 1.62. The maximum absolute atomic E-state index is 12.1. The van der Waals surface area contributed by atoms with Crippen LogP contribution in [-0.4, -0.2) is 25.3 Å². The molecular formula is C14H13BrN6O2. The van der Waals surface area contributed by atoms with Crippen LogP contribution >= 0.6 is 15.9 Å². The van der Waals surface area contributed by atoms with Crippen molar-refractivity contribution in [2.24, 2.45) is 19.2 Å². The number of H-pyrrole nitrogens is 1. The van der Waals surface area contributed by atoms with Gasteiger partial charge in [-0.15, -0.1) is 0 Å². The largest absolute Gasteiger partial charge is 0.332 e. The zero-order valence-corrected chi connectivity index (χ0v) is 14.0. The third-order valence-corrected chi connectivity index (χ3v) is 3.82. The first-order valence-corrected chi connectivity index (χ1v) is 7.47. The number of hydrogen-bond acceptors (Lipinski definition) is 5. The first-order chi connectivity index (χ1) is 11.0. The lowest BCUT2D eigenvalue weighted by Crippen LogP contribution is -2.36. The fraction of sp³-hybridized carbons (Fsp3) is 0.143. The van der Waals surface area contributed by atoms with Gasteiger partial charge in [-0.05, 0) is 17.7 Å². The monoisotopic (exact) mass is 376 g/mol. The Morgan fingerprint density at radius 3 is 2.83 bits per heavy atom. The maximum Gasteiger partial charge on any atom is 0.332 e. The fourth-order valence-electron chi connectivity index (χ4n) is 2.13. The van der Waals surface area contributed by atoms with Crippen molar-refractivity contribution < 1.29 is 0 Å². The summed E-state index contributed by atoms with van der Waals surface area (Å²) in [6.45, 7) is 0. The van der Waals surface area contributed by atoms with Crippen molar-refractivity contribution in [2.75, 3.05) is 5.43 Å². The van der Waals surface area contributed by atoms with Crippen molar-refractivity contribution >= 4 is 39.3 Å². The van der Waals surface area contributed by atoms with Crippen molar-refractivity contribution in [1.29, 1.82) is 0 Å². The molecule has 118 valence electrons. The molecule has 0 saturated carbocycles. The van der Waals surface area contributed by atoms with E-state index in [1.165, 1.54) is 11.6 Å². The Bertz CT molecular complexity index is 1030. The van der Waals surface area contributed by atoms with Gasteiger partial charge in [0.05, 0.1) is 6.21 Å². The average molecular weight is 377 g/mol. The van der Waals surface area contributed by atoms with Crippen LogP contribution in [0.5, 0.6) is 0 Å². The van der Waals surface area contributed by atoms with Gasteiger partial charge in [-0.1, -0.05) is 28.1 Å². The van der Waals surface area contributed by atoms with Crippen LogP contribution in [0.4, 0.5) is 5.95 Å². The first-order valence-electron chi connectivity index (χ1n) is 6.68. The standard InChI is InChI=1S/C14H13BrN6O2/c1-20-11-10(12(22)21(2)14(20)23)17-13(18-11)19-16-7-8-4-3-5-9(15)6-8/h3-7H,1-2H3,(H2,17,18,19)/b16-7+. The number of hydrogen-bond donors (Lipinski definition) is 2. The summed E-state index contributed by atoms with van der Waals surface area (Å²) in [5, 5.41) is 4.07. The highest BCUT2D eigenvalue weighted by molar-refractivity contribution is 9.10. The molecule has 8 nitrogen and oxygen atoms in total. The number of aromatic amines is 1. The Morgan fingerprint density at radius 2 is 2.09 bits per heavy atom. The van der Waals surface area contributed by atoms with Gasteiger partial charge in [0.15, 0.2) is 11.2 Å². The van der Waals surface area contributed by atoms with Crippen LogP contribution in [0.3, 0.4) is 0 Å². The molecule has 9 heteroatoms. The van der Waals surface area contributed by atoms with E-state index in [2.05, 4.69) is 36.4 Å². The maximum atomic E-state index is 12.1. The number of nitrogens with one attached hydrogen (secondary N) is 2. The van der Waals surface area contributed by atoms with E-state index < -0.39 is 11.2 Å². The smallest absolute Gasteiger partial charge is 0.317 e. The summed E-state index contributed by atoms with van der Waals surface area (Å²) in [6, 6.07) is 7.61. The topological polar surface area (TPSA) is 97.1 Å². The van der Waals surface area contributed by atoms with Crippen molar-refractivity contribution in [3.05, 3.63) is 55.1 Å². The minimum absolute atomic E-state index is 0.245. The Hall–Kier alpha value is -2.68. The summed E-state index contributed by atoms with van der Waals surface area (Å²) in [5.74, 6) is 0.282. The summed E-state index contributed by atoms with van der Waals surface area (Å²) in [7, 11) is 2.98. The van der Waals surface area contributed by atoms with E-state index in [0.29, 0.717) is 0 Å². The molecule has 2 N–H and O–H groups in total. The van der Waals surface area contributed by atoms with Gasteiger partial charge in [-0.2, -0.15) is 10.1 Å². The summed E-state index contributed by atoms with van der Waals surface area (Å²) < 4.78 is 3.27. The lowest BCUT2D eigenvalue weighted by atomic mass is 10.2. The molecule has 0 aliphatic heterocycles. The molecule has 0 unspecified atom stereocenters. The second-order valence-corrected chi connectivity index (χ2v) is 5.83. The van der Waals surface area contributed by atoms with Crippen molar-refractivity contribution in [1.82, 2.24) is 19.1 Å². The second kappa shape index (κ2) is 5.84. The normalized spacial score (nSPS) is 11.4. The van der Waals surface area contributed by atoms with Gasteiger partial charge < -0.3 is 4.98 Å². The van der Waals surface area contributed by atoms with Crippen molar-refractivity contribution in [2.45, 2.75) is 0 Å². The van der Waals surface area contributed by atoms with Crippen molar-refractivity contribution in [3.8, 4) is 0 Å². The number of halogens is 1. The molecule has 0 atom stereocenters. The van der Waals surface area contributed by atoms with Crippen LogP contribution in [0, 0.1) is 0 Å². The number of benzene rings is 1. The second-order valence-electron chi connectivity index (χ2n) is 4.91. The summed E-state index contributed by atoms with van der Waals surface area (Å²) in [5.41, 5.74) is 3.27. The summed E-state index contributed by atoms with van der Waals surface area (Å²) in [4.78, 5) is 30.9. The van der Waals surface area contributed by atoms with E-state index in [1.807, 2.05) is 24.3 Å². The molecule has 3 aromatic rings. The number of aromatic nitrogens is 4. The number of fused-ring (bicyclic) bond motifs is 1. The number of imidazole rings is 1. The molecule has 0 aliphatic rings. The lowest BCUT2D eigenvalue weighted by Gasteiger charge is -2.00. The number of hydrazone groups is 1. The van der Waals surface area contributed by atoms with Gasteiger partial charge in [0.25, 0.3) is 5.56 Å². The van der Waals surface area contributed by atoms with Gasteiger partial charge in [-0.25, -0.2) is 10.2 Å². The average Bonchev–Trinajstić information content (AvgIpc) is 2.95. The lowest BCUT2D eigenvalue weighted by molar-refractivity contribution is 0.709. The molecule has 0 fully saturated rings. The molecule has 0 aliphatic carbocycles. The molecule has 0 bridgehead atoms. The molecule has 3 rings (SSSR count). The SMILES string of the molecule is Cn1c(=O)c2[nH]c(N/N=C/c3cccc(Br)c3)nc2n(C)c1=O. The fourth-order valence-corrected chi connectivity index (χ4v) is 2.55. The zero-order valence-electron chi connectivity index (χ0n) is 12.4. The zero-order chi connectivity index (χ0) is 16.6. The first kappa shape index (κ1) is 15.2. The third kappa shape index (κ3) is 2.82. The minimum Gasteiger partial charge on any atom is -0.317 e. The molecular weight excluding hydrogens is 364 g/mol. The van der Waals surface area contributed by atoms with Crippen molar-refractivity contribution in [3.63, 3.8) is 0 Å². The van der Waals surface area contributed by atoms with Gasteiger partial charge >= 0.3 is 5.69 Å². The minimum atomic E-state index is -0.432. The van der Waals surface area contributed by atoms with Crippen LogP contribution in [0.25, 0.3) is 11.2 Å². The van der Waals surface area contributed by atoms with E-state index in [-0.39, 0.29) is 17.1 Å². The molecule has 1 aromatic carbocycles. The van der Waals surface area contributed by atoms with E-state index in [1.54, 1.807) is 13.3 Å². The Morgan fingerprint density at radius 1 is 1.30 bits per heavy atom. The number of anilines is 1. The predicted molar refractivity (Wildman–Crippen MR) is 91.9 cm³/mol. The van der Waals surface area contributed by atoms with Crippen LogP contribution in [-0.2, 0) is 14.1 Å². The van der Waals surface area contributed by atoms with E-state index >= 15 is 0 Å². The third-order valence-electron chi connectivity index (χ3n) is 3.33. The molecule has 23 heavy (non-hydrogen) atoms.